The van der Waals surface area contributed by atoms with Crippen molar-refractivity contribution in [3.05, 3.63) is 11.3 Å². The number of nitrogens with zero attached hydrogens (tertiary/aromatic N) is 1. The summed E-state index contributed by atoms with van der Waals surface area (Å²) in [7, 11) is 0. The number of nitriles is 1. The molecule has 1 aliphatic rings. The summed E-state index contributed by atoms with van der Waals surface area (Å²) in [6.07, 6.45) is -5.07. The van der Waals surface area contributed by atoms with E-state index >= 15 is 0 Å². The van der Waals surface area contributed by atoms with E-state index in [1.165, 1.54) is 6.07 Å². The van der Waals surface area contributed by atoms with Crippen molar-refractivity contribution in [3.8, 4) is 6.07 Å². The van der Waals surface area contributed by atoms with Crippen LogP contribution in [0.2, 0.25) is 0 Å². The van der Waals surface area contributed by atoms with Gasteiger partial charge in [-0.2, -0.15) is 18.4 Å². The van der Waals surface area contributed by atoms with Crippen molar-refractivity contribution in [2.75, 3.05) is 13.1 Å². The van der Waals surface area contributed by atoms with E-state index in [0.29, 0.717) is 5.57 Å². The van der Waals surface area contributed by atoms with Crippen LogP contribution in [0, 0.1) is 11.3 Å². The van der Waals surface area contributed by atoms with Crippen molar-refractivity contribution >= 4 is 5.97 Å². The molecule has 4 nitrogen and oxygen atoms in total. The number of hydrogen-bond acceptors (Lipinski definition) is 4. The van der Waals surface area contributed by atoms with Crippen LogP contribution in [-0.4, -0.2) is 25.2 Å². The molecule has 1 saturated heterocycles. The molecule has 0 spiro atoms. The van der Waals surface area contributed by atoms with Crippen LogP contribution in [0.3, 0.4) is 0 Å². The smallest absolute Gasteiger partial charge is 0.408 e. The summed E-state index contributed by atoms with van der Waals surface area (Å²) in [5.74, 6) is -2.93. The molecule has 0 aromatic rings. The van der Waals surface area contributed by atoms with E-state index in [1.807, 2.05) is 0 Å². The van der Waals surface area contributed by atoms with Gasteiger partial charge >= 0.3 is 12.1 Å². The second-order valence-electron chi connectivity index (χ2n) is 2.54. The summed E-state index contributed by atoms with van der Waals surface area (Å²) in [5, 5.41) is 11.1. The molecule has 0 bridgehead atoms. The molecule has 0 aromatic carbocycles. The number of allylic oxidation sites excluding steroid dienone is 1. The first-order chi connectivity index (χ1) is 6.45. The van der Waals surface area contributed by atoms with Gasteiger partial charge in [-0.25, -0.2) is 4.79 Å². The van der Waals surface area contributed by atoms with E-state index < -0.39 is 17.9 Å². The Balaban J connectivity index is 2.68. The molecule has 1 rings (SSSR count). The van der Waals surface area contributed by atoms with E-state index in [4.69, 9.17) is 5.26 Å². The number of alkyl halides is 3. The average molecular weight is 206 g/mol. The second-order valence-corrected chi connectivity index (χ2v) is 2.54. The first kappa shape index (κ1) is 10.5. The van der Waals surface area contributed by atoms with E-state index in [-0.39, 0.29) is 13.1 Å². The quantitative estimate of drug-likeness (QED) is 0.385. The molecule has 7 heteroatoms. The fraction of sp³-hybridized carbons (Fsp3) is 0.429. The second kappa shape index (κ2) is 3.67. The molecular weight excluding hydrogens is 201 g/mol. The number of halogens is 3. The molecule has 0 aromatic heterocycles. The largest absolute Gasteiger partial charge is 0.491 e. The van der Waals surface area contributed by atoms with Crippen molar-refractivity contribution in [2.45, 2.75) is 6.18 Å². The molecule has 0 aliphatic carbocycles. The number of carbonyl (C=O) groups is 1. The Bertz CT molecular complexity index is 321. The maximum atomic E-state index is 11.7. The minimum Gasteiger partial charge on any atom is -0.408 e. The molecule has 1 aliphatic heterocycles. The maximum absolute atomic E-state index is 11.7. The summed E-state index contributed by atoms with van der Waals surface area (Å²) in [6.45, 7) is 0.544. The topological polar surface area (TPSA) is 62.1 Å². The first-order valence-electron chi connectivity index (χ1n) is 3.57. The predicted molar refractivity (Wildman–Crippen MR) is 37.7 cm³/mol. The van der Waals surface area contributed by atoms with Crippen molar-refractivity contribution in [3.63, 3.8) is 0 Å². The van der Waals surface area contributed by atoms with Gasteiger partial charge in [-0.3, -0.25) is 0 Å². The molecular formula is C7H5F3N2O2. The summed E-state index contributed by atoms with van der Waals surface area (Å²) in [5.41, 5.74) is 0.366. The van der Waals surface area contributed by atoms with Crippen molar-refractivity contribution in [2.24, 2.45) is 0 Å². The highest BCUT2D eigenvalue weighted by Crippen LogP contribution is 2.20. The molecule has 0 amide bonds. The van der Waals surface area contributed by atoms with Gasteiger partial charge in [0.15, 0.2) is 0 Å². The summed E-state index contributed by atoms with van der Waals surface area (Å²) in [6, 6.07) is 1.40. The zero-order valence-electron chi connectivity index (χ0n) is 6.81. The van der Waals surface area contributed by atoms with Crippen LogP contribution in [0.15, 0.2) is 11.3 Å². The van der Waals surface area contributed by atoms with E-state index in [1.54, 1.807) is 0 Å². The van der Waals surface area contributed by atoms with Crippen LogP contribution in [0.1, 0.15) is 0 Å². The minimum absolute atomic E-state index is 0.272. The van der Waals surface area contributed by atoms with Gasteiger partial charge < -0.3 is 10.1 Å². The van der Waals surface area contributed by atoms with E-state index in [9.17, 15) is 18.0 Å². The SMILES string of the molecule is N#CC(OC(=O)C(F)(F)F)=C1CNC1. The average Bonchev–Trinajstić information content (AvgIpc) is 1.97. The standard InChI is InChI=1S/C7H5F3N2O2/c8-7(9,10)6(13)14-5(1-11)4-2-12-3-4/h12H,2-3H2. The fourth-order valence-corrected chi connectivity index (χ4v) is 0.735. The van der Waals surface area contributed by atoms with E-state index in [2.05, 4.69) is 10.1 Å². The van der Waals surface area contributed by atoms with Crippen LogP contribution in [0.4, 0.5) is 13.2 Å². The Morgan fingerprint density at radius 2 is 2.07 bits per heavy atom. The van der Waals surface area contributed by atoms with Crippen LogP contribution in [0.25, 0.3) is 0 Å². The molecule has 14 heavy (non-hydrogen) atoms. The number of rotatable bonds is 1. The van der Waals surface area contributed by atoms with Crippen molar-refractivity contribution in [1.29, 1.82) is 5.26 Å². The molecule has 0 atom stereocenters. The lowest BCUT2D eigenvalue weighted by Gasteiger charge is -2.19. The van der Waals surface area contributed by atoms with Crippen LogP contribution in [0.5, 0.6) is 0 Å². The summed E-state index contributed by atoms with van der Waals surface area (Å²) >= 11 is 0. The van der Waals surface area contributed by atoms with Crippen LogP contribution in [-0.2, 0) is 9.53 Å². The Morgan fingerprint density at radius 1 is 1.50 bits per heavy atom. The highest BCUT2D eigenvalue weighted by molar-refractivity contribution is 5.77. The van der Waals surface area contributed by atoms with Crippen molar-refractivity contribution in [1.82, 2.24) is 5.32 Å². The minimum atomic E-state index is -5.07. The van der Waals surface area contributed by atoms with E-state index in [0.717, 1.165) is 0 Å². The number of ether oxygens (including phenoxy) is 1. The zero-order chi connectivity index (χ0) is 10.8. The molecule has 0 unspecified atom stereocenters. The Hall–Kier alpha value is -1.55. The van der Waals surface area contributed by atoms with Gasteiger partial charge in [0.05, 0.1) is 0 Å². The first-order valence-corrected chi connectivity index (χ1v) is 3.57. The van der Waals surface area contributed by atoms with Crippen molar-refractivity contribution < 1.29 is 22.7 Å². The number of carbonyl (C=O) groups excluding carboxylic acids is 1. The highest BCUT2D eigenvalue weighted by atomic mass is 19.4. The summed E-state index contributed by atoms with van der Waals surface area (Å²) in [4.78, 5) is 10.3. The Labute approximate surface area is 76.9 Å². The van der Waals surface area contributed by atoms with Gasteiger partial charge in [-0.1, -0.05) is 0 Å². The molecule has 76 valence electrons. The van der Waals surface area contributed by atoms with Gasteiger partial charge in [-0.05, 0) is 0 Å². The van der Waals surface area contributed by atoms with Gasteiger partial charge in [0.1, 0.15) is 6.07 Å². The number of esters is 1. The maximum Gasteiger partial charge on any atom is 0.491 e. The van der Waals surface area contributed by atoms with Crippen LogP contribution < -0.4 is 5.32 Å². The summed E-state index contributed by atoms with van der Waals surface area (Å²) < 4.78 is 39.0. The Kier molecular flexibility index (Phi) is 2.76. The third-order valence-corrected chi connectivity index (χ3v) is 1.53. The molecule has 1 fully saturated rings. The fourth-order valence-electron chi connectivity index (χ4n) is 0.735. The number of nitrogens with one attached hydrogen (secondary N) is 1. The van der Waals surface area contributed by atoms with Gasteiger partial charge in [-0.15, -0.1) is 0 Å². The lowest BCUT2D eigenvalue weighted by Crippen LogP contribution is -2.36. The van der Waals surface area contributed by atoms with Gasteiger partial charge in [0.25, 0.3) is 0 Å². The Morgan fingerprint density at radius 3 is 2.36 bits per heavy atom. The highest BCUT2D eigenvalue weighted by Gasteiger charge is 2.42. The normalized spacial score (nSPS) is 15.4. The van der Waals surface area contributed by atoms with Crippen LogP contribution >= 0.6 is 0 Å². The third-order valence-electron chi connectivity index (χ3n) is 1.53. The monoisotopic (exact) mass is 206 g/mol. The molecule has 1 N–H and O–H groups in total. The van der Waals surface area contributed by atoms with Gasteiger partial charge in [0.2, 0.25) is 5.76 Å². The lowest BCUT2D eigenvalue weighted by molar-refractivity contribution is -0.194. The lowest BCUT2D eigenvalue weighted by atomic mass is 10.1. The number of hydrogen-bond donors (Lipinski definition) is 1. The zero-order valence-corrected chi connectivity index (χ0v) is 6.81. The molecule has 0 saturated carbocycles. The van der Waals surface area contributed by atoms with Gasteiger partial charge in [0, 0.05) is 18.7 Å². The molecule has 0 radical (unpaired) electrons. The predicted octanol–water partition coefficient (Wildman–Crippen LogP) is 0.473. The molecule has 1 heterocycles. The third kappa shape index (κ3) is 2.23.